The Morgan fingerprint density at radius 1 is 1.41 bits per heavy atom. The molecule has 7 heteroatoms. The van der Waals surface area contributed by atoms with E-state index in [1.807, 2.05) is 12.1 Å². The molecule has 0 atom stereocenters. The van der Waals surface area contributed by atoms with Gasteiger partial charge in [0.15, 0.2) is 5.69 Å². The first-order valence-corrected chi connectivity index (χ1v) is 6.77. The number of esters is 1. The van der Waals surface area contributed by atoms with Crippen molar-refractivity contribution < 1.29 is 9.53 Å². The molecule has 0 saturated carbocycles. The van der Waals surface area contributed by atoms with Crippen LogP contribution < -0.4 is 0 Å². The van der Waals surface area contributed by atoms with Crippen molar-refractivity contribution in [3.8, 4) is 11.8 Å². The van der Waals surface area contributed by atoms with Gasteiger partial charge < -0.3 is 4.74 Å². The van der Waals surface area contributed by atoms with Crippen molar-refractivity contribution >= 4 is 12.0 Å². The second-order valence-electron chi connectivity index (χ2n) is 4.65. The molecule has 1 aliphatic carbocycles. The second kappa shape index (κ2) is 6.18. The number of aryl methyl sites for hydroxylation is 1. The Labute approximate surface area is 127 Å². The van der Waals surface area contributed by atoms with Gasteiger partial charge in [-0.1, -0.05) is 23.3 Å². The summed E-state index contributed by atoms with van der Waals surface area (Å²) in [6.45, 7) is 0.537. The second-order valence-corrected chi connectivity index (χ2v) is 4.65. The molecule has 0 spiro atoms. The number of aromatic nitrogens is 5. The molecule has 7 nitrogen and oxygen atoms in total. The van der Waals surface area contributed by atoms with Crippen LogP contribution in [-0.4, -0.2) is 38.3 Å². The Balaban J connectivity index is 1.58. The Bertz CT molecular complexity index is 798. The summed E-state index contributed by atoms with van der Waals surface area (Å²) >= 11 is 0. The predicted molar refractivity (Wildman–Crippen MR) is 77.6 cm³/mol. The normalized spacial score (nSPS) is 11.7. The first-order chi connectivity index (χ1) is 10.8. The zero-order chi connectivity index (χ0) is 15.4. The zero-order valence-corrected chi connectivity index (χ0v) is 12.0. The van der Waals surface area contributed by atoms with Gasteiger partial charge in [-0.3, -0.25) is 4.68 Å². The SMILES string of the molecule is COC(=O)c1cn(CCC#Cc2cc3c(nn2)CC=C3)nn1. The lowest BCUT2D eigenvalue weighted by Crippen LogP contribution is -2.01. The molecule has 0 aromatic carbocycles. The van der Waals surface area contributed by atoms with E-state index >= 15 is 0 Å². The number of fused-ring (bicyclic) bond motifs is 1. The van der Waals surface area contributed by atoms with Gasteiger partial charge in [-0.2, -0.15) is 5.10 Å². The van der Waals surface area contributed by atoms with Gasteiger partial charge in [-0.15, -0.1) is 10.2 Å². The van der Waals surface area contributed by atoms with Crippen LogP contribution in [0.25, 0.3) is 6.08 Å². The molecule has 2 aromatic rings. The molecule has 2 heterocycles. The fourth-order valence-corrected chi connectivity index (χ4v) is 2.02. The zero-order valence-electron chi connectivity index (χ0n) is 12.0. The van der Waals surface area contributed by atoms with Crippen LogP contribution in [0.3, 0.4) is 0 Å². The van der Waals surface area contributed by atoms with Gasteiger partial charge in [0.1, 0.15) is 5.69 Å². The number of ether oxygens (including phenoxy) is 1. The number of carbonyl (C=O) groups excluding carboxylic acids is 1. The van der Waals surface area contributed by atoms with Crippen molar-refractivity contribution in [3.05, 3.63) is 41.0 Å². The van der Waals surface area contributed by atoms with Gasteiger partial charge >= 0.3 is 5.97 Å². The first-order valence-electron chi connectivity index (χ1n) is 6.77. The average molecular weight is 295 g/mol. The molecule has 1 aliphatic rings. The summed E-state index contributed by atoms with van der Waals surface area (Å²) in [5.74, 6) is 5.49. The lowest BCUT2D eigenvalue weighted by atomic mass is 10.2. The van der Waals surface area contributed by atoms with Gasteiger partial charge in [0.2, 0.25) is 0 Å². The third kappa shape index (κ3) is 3.01. The van der Waals surface area contributed by atoms with Crippen LogP contribution in [0.5, 0.6) is 0 Å². The van der Waals surface area contributed by atoms with E-state index < -0.39 is 5.97 Å². The third-order valence-electron chi connectivity index (χ3n) is 3.13. The minimum absolute atomic E-state index is 0.187. The van der Waals surface area contributed by atoms with Gasteiger partial charge in [0, 0.05) is 18.4 Å². The van der Waals surface area contributed by atoms with Crippen LogP contribution in [0.4, 0.5) is 0 Å². The molecule has 0 saturated heterocycles. The van der Waals surface area contributed by atoms with E-state index in [1.54, 1.807) is 4.68 Å². The number of nitrogens with zero attached hydrogens (tertiary/aromatic N) is 5. The molecule has 110 valence electrons. The van der Waals surface area contributed by atoms with Crippen molar-refractivity contribution in [1.29, 1.82) is 0 Å². The number of allylic oxidation sites excluding steroid dienone is 1. The smallest absolute Gasteiger partial charge is 0.360 e. The van der Waals surface area contributed by atoms with Crippen LogP contribution in [-0.2, 0) is 17.7 Å². The number of hydrogen-bond donors (Lipinski definition) is 0. The third-order valence-corrected chi connectivity index (χ3v) is 3.13. The molecule has 0 amide bonds. The van der Waals surface area contributed by atoms with Crippen molar-refractivity contribution in [1.82, 2.24) is 25.2 Å². The highest BCUT2D eigenvalue weighted by Gasteiger charge is 2.10. The summed E-state index contributed by atoms with van der Waals surface area (Å²) in [5, 5.41) is 15.8. The monoisotopic (exact) mass is 295 g/mol. The fraction of sp³-hybridized carbons (Fsp3) is 0.267. The Morgan fingerprint density at radius 3 is 3.18 bits per heavy atom. The van der Waals surface area contributed by atoms with Crippen LogP contribution in [0, 0.1) is 11.8 Å². The van der Waals surface area contributed by atoms with Crippen LogP contribution in [0.15, 0.2) is 18.3 Å². The molecule has 0 radical (unpaired) electrons. The van der Waals surface area contributed by atoms with Gasteiger partial charge in [0.25, 0.3) is 0 Å². The summed E-state index contributed by atoms with van der Waals surface area (Å²) < 4.78 is 6.12. The maximum absolute atomic E-state index is 11.2. The van der Waals surface area contributed by atoms with Crippen LogP contribution in [0.1, 0.15) is 33.9 Å². The van der Waals surface area contributed by atoms with Crippen LogP contribution in [0.2, 0.25) is 0 Å². The fourth-order valence-electron chi connectivity index (χ4n) is 2.02. The molecule has 3 rings (SSSR count). The first kappa shape index (κ1) is 13.9. The maximum Gasteiger partial charge on any atom is 0.360 e. The summed E-state index contributed by atoms with van der Waals surface area (Å²) in [7, 11) is 1.31. The summed E-state index contributed by atoms with van der Waals surface area (Å²) in [4.78, 5) is 11.2. The van der Waals surface area contributed by atoms with Crippen molar-refractivity contribution in [3.63, 3.8) is 0 Å². The van der Waals surface area contributed by atoms with E-state index in [2.05, 4.69) is 43.2 Å². The summed E-state index contributed by atoms with van der Waals surface area (Å²) in [6.07, 6.45) is 7.02. The minimum Gasteiger partial charge on any atom is -0.464 e. The van der Waals surface area contributed by atoms with Crippen molar-refractivity contribution in [2.75, 3.05) is 7.11 Å². The highest BCUT2D eigenvalue weighted by atomic mass is 16.5. The average Bonchev–Trinajstić information content (AvgIpc) is 3.19. The quantitative estimate of drug-likeness (QED) is 0.617. The highest BCUT2D eigenvalue weighted by Crippen LogP contribution is 2.16. The summed E-state index contributed by atoms with van der Waals surface area (Å²) in [6, 6.07) is 1.93. The van der Waals surface area contributed by atoms with E-state index in [0.717, 1.165) is 17.7 Å². The molecular weight excluding hydrogens is 282 g/mol. The van der Waals surface area contributed by atoms with E-state index in [0.29, 0.717) is 18.7 Å². The molecule has 0 N–H and O–H groups in total. The largest absolute Gasteiger partial charge is 0.464 e. The molecule has 0 unspecified atom stereocenters. The Hall–Kier alpha value is -3.01. The number of hydrogen-bond acceptors (Lipinski definition) is 6. The van der Waals surface area contributed by atoms with Gasteiger partial charge in [0.05, 0.1) is 25.5 Å². The van der Waals surface area contributed by atoms with E-state index in [9.17, 15) is 4.79 Å². The number of rotatable bonds is 3. The molecule has 22 heavy (non-hydrogen) atoms. The summed E-state index contributed by atoms with van der Waals surface area (Å²) in [5.41, 5.74) is 2.91. The van der Waals surface area contributed by atoms with Crippen LogP contribution >= 0.6 is 0 Å². The van der Waals surface area contributed by atoms with E-state index in [-0.39, 0.29) is 5.69 Å². The molecule has 0 fully saturated rings. The van der Waals surface area contributed by atoms with E-state index in [4.69, 9.17) is 0 Å². The molecule has 0 bridgehead atoms. The van der Waals surface area contributed by atoms with Crippen molar-refractivity contribution in [2.45, 2.75) is 19.4 Å². The standard InChI is InChI=1S/C15H13N5O2/c1-22-15(21)14-10-20(19-18-14)8-3-2-6-12-9-11-5-4-7-13(11)17-16-12/h4-5,9-10H,3,7-8H2,1H3. The molecule has 2 aromatic heterocycles. The lowest BCUT2D eigenvalue weighted by molar-refractivity contribution is 0.0594. The van der Waals surface area contributed by atoms with Crippen molar-refractivity contribution in [2.24, 2.45) is 0 Å². The van der Waals surface area contributed by atoms with Gasteiger partial charge in [-0.05, 0) is 12.0 Å². The van der Waals surface area contributed by atoms with E-state index in [1.165, 1.54) is 13.3 Å². The Morgan fingerprint density at radius 2 is 2.32 bits per heavy atom. The number of methoxy groups -OCH3 is 1. The molecule has 0 aliphatic heterocycles. The number of carbonyl (C=O) groups is 1. The minimum atomic E-state index is -0.501. The molecular formula is C15H13N5O2. The van der Waals surface area contributed by atoms with Gasteiger partial charge in [-0.25, -0.2) is 4.79 Å². The lowest BCUT2D eigenvalue weighted by Gasteiger charge is -1.96. The maximum atomic E-state index is 11.2. The Kier molecular flexibility index (Phi) is 3.92. The topological polar surface area (TPSA) is 82.8 Å². The predicted octanol–water partition coefficient (Wildman–Crippen LogP) is 0.866. The highest BCUT2D eigenvalue weighted by molar-refractivity contribution is 5.86.